The lowest BCUT2D eigenvalue weighted by Crippen LogP contribution is -2.62. The average Bonchev–Trinajstić information content (AvgIpc) is 3.53. The predicted octanol–water partition coefficient (Wildman–Crippen LogP) is 3.89. The summed E-state index contributed by atoms with van der Waals surface area (Å²) in [5, 5.41) is 23.5. The lowest BCUT2D eigenvalue weighted by molar-refractivity contribution is -0.182. The molecular weight excluding hydrogens is 508 g/mol. The van der Waals surface area contributed by atoms with Crippen molar-refractivity contribution in [1.29, 1.82) is 0 Å². The highest BCUT2D eigenvalue weighted by Gasteiger charge is 2.68. The van der Waals surface area contributed by atoms with Crippen LogP contribution in [0.4, 0.5) is 0 Å². The van der Waals surface area contributed by atoms with Gasteiger partial charge in [0, 0.05) is 30.8 Å². The molecule has 8 nitrogen and oxygen atoms in total. The van der Waals surface area contributed by atoms with Crippen LogP contribution in [-0.4, -0.2) is 55.6 Å². The third kappa shape index (κ3) is 4.18. The number of aromatic nitrogens is 2. The largest absolute Gasteiger partial charge is 0.454 e. The summed E-state index contributed by atoms with van der Waals surface area (Å²) in [5.74, 6) is -0.714. The molecule has 3 fully saturated rings. The second-order valence-corrected chi connectivity index (χ2v) is 12.9. The highest BCUT2D eigenvalue weighted by molar-refractivity contribution is 5.94. The number of ether oxygens (including phenoxy) is 1. The van der Waals surface area contributed by atoms with Gasteiger partial charge in [-0.25, -0.2) is 9.78 Å². The summed E-state index contributed by atoms with van der Waals surface area (Å²) >= 11 is 0. The van der Waals surface area contributed by atoms with E-state index in [1.165, 1.54) is 0 Å². The molecule has 6 rings (SSSR count). The number of fused-ring (bicyclic) bond motifs is 5. The van der Waals surface area contributed by atoms with Crippen molar-refractivity contribution in [2.24, 2.45) is 28.6 Å². The Kier molecular flexibility index (Phi) is 6.62. The summed E-state index contributed by atoms with van der Waals surface area (Å²) in [5.41, 5.74) is -0.330. The van der Waals surface area contributed by atoms with Crippen LogP contribution in [0.15, 0.2) is 54.6 Å². The fraction of sp³-hybridized carbons (Fsp3) is 0.562. The number of carbonyl (C=O) groups excluding carboxylic acids is 3. The zero-order valence-corrected chi connectivity index (χ0v) is 23.2. The van der Waals surface area contributed by atoms with E-state index in [9.17, 15) is 24.6 Å². The molecule has 0 spiro atoms. The molecule has 0 unspecified atom stereocenters. The smallest absolute Gasteiger partial charge is 0.338 e. The monoisotopic (exact) mass is 546 g/mol. The quantitative estimate of drug-likeness (QED) is 0.528. The van der Waals surface area contributed by atoms with E-state index in [0.717, 1.165) is 30.4 Å². The molecule has 2 N–H and O–H groups in total. The van der Waals surface area contributed by atoms with E-state index in [-0.39, 0.29) is 29.0 Å². The zero-order chi connectivity index (χ0) is 28.3. The Morgan fingerprint density at radius 1 is 1.18 bits per heavy atom. The summed E-state index contributed by atoms with van der Waals surface area (Å²) in [6.45, 7) is 4.16. The third-order valence-electron chi connectivity index (χ3n) is 10.9. The number of ketones is 2. The molecule has 4 aliphatic carbocycles. The summed E-state index contributed by atoms with van der Waals surface area (Å²) in [7, 11) is 0. The summed E-state index contributed by atoms with van der Waals surface area (Å²) in [6.07, 6.45) is 10.5. The Hall–Kier alpha value is -3.10. The molecule has 8 heteroatoms. The van der Waals surface area contributed by atoms with E-state index in [0.29, 0.717) is 37.8 Å². The minimum absolute atomic E-state index is 0.00329. The first-order valence-electron chi connectivity index (χ1n) is 14.4. The number of aliphatic hydroxyl groups is 2. The second kappa shape index (κ2) is 9.77. The molecule has 1 aromatic heterocycles. The molecule has 1 heterocycles. The van der Waals surface area contributed by atoms with E-state index >= 15 is 0 Å². The van der Waals surface area contributed by atoms with Gasteiger partial charge in [0.1, 0.15) is 5.60 Å². The van der Waals surface area contributed by atoms with Crippen molar-refractivity contribution in [2.45, 2.75) is 77.0 Å². The maximum absolute atomic E-state index is 13.6. The number of benzene rings is 1. The summed E-state index contributed by atoms with van der Waals surface area (Å²) in [4.78, 5) is 42.6. The van der Waals surface area contributed by atoms with Crippen molar-refractivity contribution in [2.75, 3.05) is 6.61 Å². The van der Waals surface area contributed by atoms with Crippen molar-refractivity contribution in [1.82, 2.24) is 9.55 Å². The molecular formula is C32H38N2O6. The molecule has 0 amide bonds. The van der Waals surface area contributed by atoms with Gasteiger partial charge < -0.3 is 19.5 Å². The number of nitrogens with zero attached hydrogens (tertiary/aromatic N) is 2. The van der Waals surface area contributed by atoms with Crippen LogP contribution >= 0.6 is 0 Å². The van der Waals surface area contributed by atoms with Gasteiger partial charge in [0.2, 0.25) is 5.78 Å². The highest BCUT2D eigenvalue weighted by Crippen LogP contribution is 2.67. The number of hydrogen-bond donors (Lipinski definition) is 2. The van der Waals surface area contributed by atoms with Gasteiger partial charge in [-0.2, -0.15) is 0 Å². The van der Waals surface area contributed by atoms with Crippen LogP contribution < -0.4 is 0 Å². The van der Waals surface area contributed by atoms with Gasteiger partial charge in [-0.05, 0) is 85.5 Å². The van der Waals surface area contributed by atoms with Gasteiger partial charge in [0.05, 0.1) is 18.0 Å². The van der Waals surface area contributed by atoms with Gasteiger partial charge in [-0.15, -0.1) is 0 Å². The standard InChI is InChI=1S/C32H38N2O6/c1-30-10-8-23(35)15-22(30)6-7-24-25-9-11-32(39,31(25,2)16-26(36)28(24)30)27(37)18-40-29(38)21-5-3-4-20(14-21)17-34-13-12-33-19-34/h3-5,12-15,19,24-26,28,36,39H,6-11,16-18H2,1-2H3/t24-,25-,26-,28+,30-,31-,32-/m0/s1. The number of Topliss-reactive ketones (excluding diaryl/α,β-unsaturated/α-hetero) is 1. The lowest BCUT2D eigenvalue weighted by atomic mass is 9.45. The molecule has 7 atom stereocenters. The first-order chi connectivity index (χ1) is 19.0. The second-order valence-electron chi connectivity index (χ2n) is 12.9. The maximum atomic E-state index is 13.6. The van der Waals surface area contributed by atoms with E-state index in [2.05, 4.69) is 11.9 Å². The number of imidazole rings is 1. The Morgan fingerprint density at radius 2 is 2.00 bits per heavy atom. The van der Waals surface area contributed by atoms with E-state index in [1.54, 1.807) is 36.8 Å². The Balaban J connectivity index is 1.16. The SMILES string of the molecule is C[C@]12CCC(=O)C=C1CC[C@@H]1[C@@H]2[C@@H](O)C[C@@]2(C)[C@H]1CC[C@]2(O)C(=O)COC(=O)c1cccc(Cn2ccnc2)c1. The van der Waals surface area contributed by atoms with Crippen LogP contribution in [0, 0.1) is 28.6 Å². The van der Waals surface area contributed by atoms with Crippen LogP contribution in [0.1, 0.15) is 74.7 Å². The van der Waals surface area contributed by atoms with Gasteiger partial charge in [0.15, 0.2) is 12.4 Å². The number of rotatable bonds is 6. The van der Waals surface area contributed by atoms with Crippen LogP contribution in [0.5, 0.6) is 0 Å². The topological polar surface area (TPSA) is 119 Å². The lowest BCUT2D eigenvalue weighted by Gasteiger charge is -2.60. The summed E-state index contributed by atoms with van der Waals surface area (Å²) < 4.78 is 7.33. The first-order valence-corrected chi connectivity index (χ1v) is 14.4. The molecule has 40 heavy (non-hydrogen) atoms. The number of allylic oxidation sites excluding steroid dienone is 1. The Bertz CT molecular complexity index is 1370. The molecule has 0 radical (unpaired) electrons. The van der Waals surface area contributed by atoms with E-state index in [1.807, 2.05) is 23.8 Å². The van der Waals surface area contributed by atoms with Crippen molar-refractivity contribution in [3.8, 4) is 0 Å². The van der Waals surface area contributed by atoms with Gasteiger partial charge in [-0.1, -0.05) is 31.6 Å². The normalized spacial score (nSPS) is 36.7. The molecule has 4 aliphatic rings. The van der Waals surface area contributed by atoms with E-state index in [4.69, 9.17) is 4.74 Å². The van der Waals surface area contributed by atoms with Crippen molar-refractivity contribution < 1.29 is 29.3 Å². The molecule has 212 valence electrons. The first kappa shape index (κ1) is 27.1. The number of aliphatic hydroxyl groups excluding tert-OH is 1. The number of hydrogen-bond acceptors (Lipinski definition) is 7. The Morgan fingerprint density at radius 3 is 2.77 bits per heavy atom. The third-order valence-corrected chi connectivity index (χ3v) is 10.9. The van der Waals surface area contributed by atoms with Gasteiger partial charge in [-0.3, -0.25) is 9.59 Å². The van der Waals surface area contributed by atoms with E-state index < -0.39 is 35.5 Å². The maximum Gasteiger partial charge on any atom is 0.338 e. The predicted molar refractivity (Wildman–Crippen MR) is 146 cm³/mol. The fourth-order valence-corrected chi connectivity index (χ4v) is 8.87. The average molecular weight is 547 g/mol. The molecule has 1 aromatic carbocycles. The molecule has 2 aromatic rings. The molecule has 0 bridgehead atoms. The van der Waals surface area contributed by atoms with Gasteiger partial charge in [0.25, 0.3) is 0 Å². The minimum atomic E-state index is -1.67. The van der Waals surface area contributed by atoms with Crippen LogP contribution in [0.25, 0.3) is 0 Å². The van der Waals surface area contributed by atoms with Crippen molar-refractivity contribution >= 4 is 17.5 Å². The summed E-state index contributed by atoms with van der Waals surface area (Å²) in [6, 6.07) is 7.06. The van der Waals surface area contributed by atoms with Crippen molar-refractivity contribution in [3.05, 3.63) is 65.8 Å². The molecule has 0 aliphatic heterocycles. The zero-order valence-electron chi connectivity index (χ0n) is 23.2. The van der Waals surface area contributed by atoms with Crippen LogP contribution in [0.3, 0.4) is 0 Å². The number of esters is 1. The van der Waals surface area contributed by atoms with Gasteiger partial charge >= 0.3 is 5.97 Å². The molecule has 3 saturated carbocycles. The molecule has 0 saturated heterocycles. The highest BCUT2D eigenvalue weighted by atomic mass is 16.5. The number of carbonyl (C=O) groups is 3. The van der Waals surface area contributed by atoms with Crippen LogP contribution in [0.2, 0.25) is 0 Å². The minimum Gasteiger partial charge on any atom is -0.454 e. The van der Waals surface area contributed by atoms with Crippen molar-refractivity contribution in [3.63, 3.8) is 0 Å². The fourth-order valence-electron chi connectivity index (χ4n) is 8.87. The Labute approximate surface area is 234 Å². The van der Waals surface area contributed by atoms with Crippen LogP contribution in [-0.2, 0) is 20.9 Å².